The van der Waals surface area contributed by atoms with E-state index in [9.17, 15) is 4.79 Å². The van der Waals surface area contributed by atoms with Gasteiger partial charge in [0.15, 0.2) is 0 Å². The van der Waals surface area contributed by atoms with Gasteiger partial charge in [-0.25, -0.2) is 0 Å². The van der Waals surface area contributed by atoms with Gasteiger partial charge >= 0.3 is 0 Å². The third kappa shape index (κ3) is 2.82. The first-order chi connectivity index (χ1) is 13.7. The zero-order chi connectivity index (χ0) is 19.1. The maximum absolute atomic E-state index is 13.2. The third-order valence-electron chi connectivity index (χ3n) is 5.42. The monoisotopic (exact) mass is 407 g/mol. The fourth-order valence-corrected chi connectivity index (χ4v) is 5.24. The van der Waals surface area contributed by atoms with Gasteiger partial charge in [0.25, 0.3) is 5.91 Å². The molecule has 4 aromatic rings. The Balaban J connectivity index is 1.59. The summed E-state index contributed by atoms with van der Waals surface area (Å²) in [5, 5.41) is 10.7. The van der Waals surface area contributed by atoms with E-state index in [0.717, 1.165) is 41.4 Å². The van der Waals surface area contributed by atoms with Crippen molar-refractivity contribution in [2.24, 2.45) is 0 Å². The molecule has 0 unspecified atom stereocenters. The van der Waals surface area contributed by atoms with Crippen LogP contribution in [0, 0.1) is 0 Å². The second-order valence-corrected chi connectivity index (χ2v) is 8.30. The van der Waals surface area contributed by atoms with Gasteiger partial charge < -0.3 is 4.90 Å². The summed E-state index contributed by atoms with van der Waals surface area (Å²) in [6.45, 7) is 0.752. The molecule has 1 atom stereocenters. The number of nitrogens with one attached hydrogen (secondary N) is 1. The van der Waals surface area contributed by atoms with E-state index in [1.54, 1.807) is 6.07 Å². The number of thiophene rings is 1. The summed E-state index contributed by atoms with van der Waals surface area (Å²) in [7, 11) is 0. The predicted molar refractivity (Wildman–Crippen MR) is 114 cm³/mol. The van der Waals surface area contributed by atoms with Crippen molar-refractivity contribution in [1.82, 2.24) is 15.1 Å². The smallest absolute Gasteiger partial charge is 0.265 e. The highest BCUT2D eigenvalue weighted by atomic mass is 35.5. The molecule has 0 bridgehead atoms. The lowest BCUT2D eigenvalue weighted by Gasteiger charge is -2.27. The van der Waals surface area contributed by atoms with E-state index >= 15 is 0 Å². The van der Waals surface area contributed by atoms with Crippen LogP contribution in [0.25, 0.3) is 22.0 Å². The highest BCUT2D eigenvalue weighted by molar-refractivity contribution is 7.12. The molecule has 0 saturated carbocycles. The zero-order valence-corrected chi connectivity index (χ0v) is 16.6. The van der Waals surface area contributed by atoms with Gasteiger partial charge in [0, 0.05) is 11.9 Å². The number of hydrogen-bond donors (Lipinski definition) is 1. The van der Waals surface area contributed by atoms with Gasteiger partial charge in [-0.05, 0) is 47.0 Å². The van der Waals surface area contributed by atoms with Crippen molar-refractivity contribution in [3.05, 3.63) is 75.6 Å². The normalized spacial score (nSPS) is 16.8. The highest BCUT2D eigenvalue weighted by Crippen LogP contribution is 2.41. The van der Waals surface area contributed by atoms with Crippen LogP contribution in [0.5, 0.6) is 0 Å². The number of carbonyl (C=O) groups excluding carboxylic acids is 1. The van der Waals surface area contributed by atoms with Crippen LogP contribution in [0.2, 0.25) is 5.02 Å². The number of hydrogen-bond acceptors (Lipinski definition) is 3. The molecule has 1 aliphatic rings. The average molecular weight is 408 g/mol. The first kappa shape index (κ1) is 17.5. The summed E-state index contributed by atoms with van der Waals surface area (Å²) in [5.41, 5.74) is 4.47. The molecule has 5 rings (SSSR count). The van der Waals surface area contributed by atoms with Crippen molar-refractivity contribution in [3.63, 3.8) is 0 Å². The largest absolute Gasteiger partial charge is 0.331 e. The number of likely N-dealkylation sites (tertiary alicyclic amines) is 1. The number of aromatic nitrogens is 2. The Morgan fingerprint density at radius 1 is 1.14 bits per heavy atom. The molecule has 1 N–H and O–H groups in total. The topological polar surface area (TPSA) is 49.0 Å². The van der Waals surface area contributed by atoms with Crippen LogP contribution in [0.15, 0.2) is 60.1 Å². The minimum absolute atomic E-state index is 0.0267. The van der Waals surface area contributed by atoms with Crippen molar-refractivity contribution < 1.29 is 4.79 Å². The van der Waals surface area contributed by atoms with Crippen molar-refractivity contribution >= 4 is 39.7 Å². The molecule has 0 spiro atoms. The molecule has 140 valence electrons. The molecule has 6 heteroatoms. The predicted octanol–water partition coefficient (Wildman–Crippen LogP) is 5.92. The molecule has 2 aromatic heterocycles. The number of nitrogens with zero attached hydrogens (tertiary/aromatic N) is 2. The molecule has 0 radical (unpaired) electrons. The fraction of sp³-hybridized carbons (Fsp3) is 0.182. The van der Waals surface area contributed by atoms with Gasteiger partial charge in [0.1, 0.15) is 4.88 Å². The Hall–Kier alpha value is -2.63. The Morgan fingerprint density at radius 3 is 2.86 bits per heavy atom. The van der Waals surface area contributed by atoms with E-state index in [-0.39, 0.29) is 11.9 Å². The standard InChI is InChI=1S/C22H18ClN3OS/c23-18-10-12-28-21(18)22(27)26-11-4-9-20(26)16-6-2-1-5-14(16)15-7-3-8-19-17(15)13-24-25-19/h1-3,5-8,10,12-13,20H,4,9,11H2,(H,24,25)/t20-/m0/s1. The molecule has 1 aliphatic heterocycles. The first-order valence-corrected chi connectivity index (χ1v) is 10.5. The fourth-order valence-electron chi connectivity index (χ4n) is 4.15. The second kappa shape index (κ2) is 7.08. The number of amides is 1. The molecule has 28 heavy (non-hydrogen) atoms. The van der Waals surface area contributed by atoms with Gasteiger partial charge in [-0.15, -0.1) is 11.3 Å². The third-order valence-corrected chi connectivity index (χ3v) is 6.75. The number of halogens is 1. The SMILES string of the molecule is O=C(c1sccc1Cl)N1CCC[C@H]1c1ccccc1-c1cccc2[nH]ncc12. The summed E-state index contributed by atoms with van der Waals surface area (Å²) in [4.78, 5) is 15.8. The molecule has 0 aliphatic carbocycles. The van der Waals surface area contributed by atoms with Gasteiger partial charge in [0.05, 0.1) is 22.8 Å². The number of fused-ring (bicyclic) bond motifs is 1. The van der Waals surface area contributed by atoms with Crippen LogP contribution in [-0.4, -0.2) is 27.5 Å². The average Bonchev–Trinajstić information content (AvgIpc) is 3.47. The van der Waals surface area contributed by atoms with E-state index < -0.39 is 0 Å². The lowest BCUT2D eigenvalue weighted by molar-refractivity contribution is 0.0741. The number of aromatic amines is 1. The van der Waals surface area contributed by atoms with Gasteiger partial charge in [-0.1, -0.05) is 48.0 Å². The summed E-state index contributed by atoms with van der Waals surface area (Å²) in [6.07, 6.45) is 3.81. The molecule has 1 amide bonds. The minimum atomic E-state index is 0.0267. The Labute approximate surface area is 171 Å². The Morgan fingerprint density at radius 2 is 2.00 bits per heavy atom. The summed E-state index contributed by atoms with van der Waals surface area (Å²) in [6, 6.07) is 16.4. The molecule has 3 heterocycles. The number of rotatable bonds is 3. The molecule has 4 nitrogen and oxygen atoms in total. The number of benzene rings is 2. The van der Waals surface area contributed by atoms with E-state index in [1.807, 2.05) is 34.7 Å². The van der Waals surface area contributed by atoms with Crippen molar-refractivity contribution in [1.29, 1.82) is 0 Å². The quantitative estimate of drug-likeness (QED) is 0.458. The first-order valence-electron chi connectivity index (χ1n) is 9.29. The molecule has 1 fully saturated rings. The van der Waals surface area contributed by atoms with Crippen molar-refractivity contribution in [3.8, 4) is 11.1 Å². The van der Waals surface area contributed by atoms with Crippen LogP contribution in [-0.2, 0) is 0 Å². The lowest BCUT2D eigenvalue weighted by Crippen LogP contribution is -2.30. The van der Waals surface area contributed by atoms with Crippen LogP contribution in [0.3, 0.4) is 0 Å². The van der Waals surface area contributed by atoms with Crippen LogP contribution < -0.4 is 0 Å². The lowest BCUT2D eigenvalue weighted by atomic mass is 9.92. The summed E-state index contributed by atoms with van der Waals surface area (Å²) >= 11 is 7.65. The Bertz CT molecular complexity index is 1170. The van der Waals surface area contributed by atoms with Gasteiger partial charge in [-0.2, -0.15) is 5.10 Å². The number of H-pyrrole nitrogens is 1. The number of carbonyl (C=O) groups is 1. The molecular weight excluding hydrogens is 390 g/mol. The van der Waals surface area contributed by atoms with E-state index in [0.29, 0.717) is 9.90 Å². The minimum Gasteiger partial charge on any atom is -0.331 e. The van der Waals surface area contributed by atoms with E-state index in [2.05, 4.69) is 34.5 Å². The second-order valence-electron chi connectivity index (χ2n) is 6.98. The van der Waals surface area contributed by atoms with Crippen LogP contribution >= 0.6 is 22.9 Å². The maximum Gasteiger partial charge on any atom is 0.265 e. The Kier molecular flexibility index (Phi) is 4.41. The van der Waals surface area contributed by atoms with E-state index in [4.69, 9.17) is 11.6 Å². The van der Waals surface area contributed by atoms with Crippen LogP contribution in [0.1, 0.15) is 34.1 Å². The van der Waals surface area contributed by atoms with Crippen LogP contribution in [0.4, 0.5) is 0 Å². The van der Waals surface area contributed by atoms with Crippen molar-refractivity contribution in [2.75, 3.05) is 6.54 Å². The van der Waals surface area contributed by atoms with Gasteiger partial charge in [-0.3, -0.25) is 9.89 Å². The zero-order valence-electron chi connectivity index (χ0n) is 15.1. The van der Waals surface area contributed by atoms with Gasteiger partial charge in [0.2, 0.25) is 0 Å². The maximum atomic E-state index is 13.2. The summed E-state index contributed by atoms with van der Waals surface area (Å²) in [5.74, 6) is 0.0267. The molecule has 1 saturated heterocycles. The highest BCUT2D eigenvalue weighted by Gasteiger charge is 2.33. The van der Waals surface area contributed by atoms with Crippen molar-refractivity contribution in [2.45, 2.75) is 18.9 Å². The molecule has 2 aromatic carbocycles. The molecular formula is C22H18ClN3OS. The van der Waals surface area contributed by atoms with E-state index in [1.165, 1.54) is 16.9 Å². The summed E-state index contributed by atoms with van der Waals surface area (Å²) < 4.78 is 0.